The Morgan fingerprint density at radius 1 is 0.929 bits per heavy atom. The van der Waals surface area contributed by atoms with Gasteiger partial charge in [-0.15, -0.1) is 0 Å². The first kappa shape index (κ1) is 17.1. The van der Waals surface area contributed by atoms with E-state index in [1.54, 1.807) is 0 Å². The van der Waals surface area contributed by atoms with Gasteiger partial charge >= 0.3 is 0 Å². The van der Waals surface area contributed by atoms with Gasteiger partial charge in [0, 0.05) is 29.3 Å². The van der Waals surface area contributed by atoms with Gasteiger partial charge in [0.15, 0.2) is 0 Å². The third kappa shape index (κ3) is 3.20. The van der Waals surface area contributed by atoms with Gasteiger partial charge in [0.05, 0.1) is 35.9 Å². The zero-order chi connectivity index (χ0) is 18.8. The van der Waals surface area contributed by atoms with E-state index in [9.17, 15) is 0 Å². The molecule has 1 saturated heterocycles. The Hall–Kier alpha value is -2.98. The summed E-state index contributed by atoms with van der Waals surface area (Å²) < 4.78 is 8.28. The first-order valence-corrected chi connectivity index (χ1v) is 9.96. The van der Waals surface area contributed by atoms with Crippen molar-refractivity contribution in [2.75, 3.05) is 6.61 Å². The van der Waals surface area contributed by atoms with Gasteiger partial charge in [0.25, 0.3) is 0 Å². The minimum absolute atomic E-state index is 0.249. The second kappa shape index (κ2) is 7.56. The lowest BCUT2D eigenvalue weighted by Gasteiger charge is -2.24. The first-order chi connectivity index (χ1) is 13.9. The molecule has 140 valence electrons. The van der Waals surface area contributed by atoms with Crippen molar-refractivity contribution in [3.8, 4) is 22.5 Å². The molecule has 1 aliphatic heterocycles. The number of benzene rings is 2. The van der Waals surface area contributed by atoms with Crippen LogP contribution in [0.4, 0.5) is 0 Å². The van der Waals surface area contributed by atoms with Crippen molar-refractivity contribution in [2.24, 2.45) is 0 Å². The molecule has 0 amide bonds. The molecule has 0 radical (unpaired) electrons. The van der Waals surface area contributed by atoms with Crippen molar-refractivity contribution < 1.29 is 4.74 Å². The summed E-state index contributed by atoms with van der Waals surface area (Å²) in [7, 11) is 0. The van der Waals surface area contributed by atoms with E-state index >= 15 is 0 Å². The molecular formula is C24H23N3O. The number of hydrogen-bond acceptors (Lipinski definition) is 3. The van der Waals surface area contributed by atoms with Crippen LogP contribution in [0.1, 0.15) is 19.3 Å². The van der Waals surface area contributed by atoms with Crippen LogP contribution in [0.3, 0.4) is 0 Å². The number of hydrogen-bond donors (Lipinski definition) is 0. The highest BCUT2D eigenvalue weighted by Gasteiger charge is 2.21. The van der Waals surface area contributed by atoms with Crippen LogP contribution in [-0.2, 0) is 11.3 Å². The molecule has 1 atom stereocenters. The van der Waals surface area contributed by atoms with Crippen LogP contribution < -0.4 is 0 Å². The molecule has 4 heteroatoms. The largest absolute Gasteiger partial charge is 0.376 e. The minimum atomic E-state index is 0.249. The summed E-state index contributed by atoms with van der Waals surface area (Å²) in [5, 5.41) is 1.15. The van der Waals surface area contributed by atoms with Crippen LogP contribution in [0, 0.1) is 0 Å². The molecule has 0 saturated carbocycles. The van der Waals surface area contributed by atoms with Crippen LogP contribution in [-0.4, -0.2) is 27.2 Å². The average Bonchev–Trinajstić information content (AvgIpc) is 3.18. The minimum Gasteiger partial charge on any atom is -0.376 e. The molecular weight excluding hydrogens is 346 g/mol. The fraction of sp³-hybridized carbons (Fsp3) is 0.250. The number of para-hydroxylation sites is 1. The third-order valence-electron chi connectivity index (χ3n) is 5.46. The SMILES string of the molecule is c1ccc(-c2ncn(C[C@H]3CCCCO3)c2-c2ccnc3ccccc23)cc1. The Morgan fingerprint density at radius 2 is 1.79 bits per heavy atom. The summed E-state index contributed by atoms with van der Waals surface area (Å²) in [5.41, 5.74) is 5.44. The van der Waals surface area contributed by atoms with Crippen LogP contribution >= 0.6 is 0 Å². The molecule has 1 fully saturated rings. The smallest absolute Gasteiger partial charge is 0.0963 e. The quantitative estimate of drug-likeness (QED) is 0.488. The number of ether oxygens (including phenoxy) is 1. The molecule has 2 aromatic carbocycles. The molecule has 4 aromatic rings. The molecule has 0 bridgehead atoms. The predicted octanol–water partition coefficient (Wildman–Crippen LogP) is 5.33. The van der Waals surface area contributed by atoms with Crippen LogP contribution in [0.25, 0.3) is 33.4 Å². The summed E-state index contributed by atoms with van der Waals surface area (Å²) in [4.78, 5) is 9.37. The van der Waals surface area contributed by atoms with Crippen molar-refractivity contribution in [3.63, 3.8) is 0 Å². The fourth-order valence-electron chi connectivity index (χ4n) is 4.08. The lowest BCUT2D eigenvalue weighted by atomic mass is 10.0. The van der Waals surface area contributed by atoms with Crippen molar-refractivity contribution in [3.05, 3.63) is 73.2 Å². The highest BCUT2D eigenvalue weighted by Crippen LogP contribution is 2.35. The van der Waals surface area contributed by atoms with Crippen LogP contribution in [0.2, 0.25) is 0 Å². The van der Waals surface area contributed by atoms with E-state index in [2.05, 4.69) is 58.1 Å². The van der Waals surface area contributed by atoms with E-state index in [0.29, 0.717) is 0 Å². The monoisotopic (exact) mass is 369 g/mol. The Kier molecular flexibility index (Phi) is 4.63. The van der Waals surface area contributed by atoms with Gasteiger partial charge < -0.3 is 9.30 Å². The summed E-state index contributed by atoms with van der Waals surface area (Å²) in [6.45, 7) is 1.68. The van der Waals surface area contributed by atoms with Gasteiger partial charge in [-0.05, 0) is 31.4 Å². The van der Waals surface area contributed by atoms with Gasteiger partial charge in [-0.3, -0.25) is 4.98 Å². The molecule has 0 N–H and O–H groups in total. The second-order valence-electron chi connectivity index (χ2n) is 7.32. The van der Waals surface area contributed by atoms with Crippen molar-refractivity contribution in [1.29, 1.82) is 0 Å². The number of nitrogens with zero attached hydrogens (tertiary/aromatic N) is 3. The van der Waals surface area contributed by atoms with Gasteiger partial charge in [0.2, 0.25) is 0 Å². The maximum Gasteiger partial charge on any atom is 0.0963 e. The average molecular weight is 369 g/mol. The Morgan fingerprint density at radius 3 is 2.64 bits per heavy atom. The highest BCUT2D eigenvalue weighted by atomic mass is 16.5. The van der Waals surface area contributed by atoms with Gasteiger partial charge in [-0.25, -0.2) is 4.98 Å². The zero-order valence-electron chi connectivity index (χ0n) is 15.8. The zero-order valence-corrected chi connectivity index (χ0v) is 15.8. The number of rotatable bonds is 4. The van der Waals surface area contributed by atoms with E-state index in [0.717, 1.165) is 59.4 Å². The first-order valence-electron chi connectivity index (χ1n) is 9.96. The molecule has 0 aliphatic carbocycles. The summed E-state index contributed by atoms with van der Waals surface area (Å²) in [6.07, 6.45) is 7.61. The Balaban J connectivity index is 1.68. The summed E-state index contributed by atoms with van der Waals surface area (Å²) in [6, 6.07) is 20.8. The van der Waals surface area contributed by atoms with Crippen molar-refractivity contribution in [2.45, 2.75) is 31.9 Å². The number of imidazole rings is 1. The molecule has 0 unspecified atom stereocenters. The second-order valence-corrected chi connectivity index (χ2v) is 7.32. The van der Waals surface area contributed by atoms with E-state index < -0.39 is 0 Å². The predicted molar refractivity (Wildman–Crippen MR) is 112 cm³/mol. The maximum absolute atomic E-state index is 6.01. The highest BCUT2D eigenvalue weighted by molar-refractivity contribution is 5.96. The van der Waals surface area contributed by atoms with E-state index in [1.165, 1.54) is 6.42 Å². The summed E-state index contributed by atoms with van der Waals surface area (Å²) >= 11 is 0. The van der Waals surface area contributed by atoms with E-state index in [4.69, 9.17) is 9.72 Å². The Bertz CT molecular complexity index is 1080. The fourth-order valence-corrected chi connectivity index (χ4v) is 4.08. The normalized spacial score (nSPS) is 17.1. The molecule has 28 heavy (non-hydrogen) atoms. The lowest BCUT2D eigenvalue weighted by Crippen LogP contribution is -2.24. The topological polar surface area (TPSA) is 39.9 Å². The third-order valence-corrected chi connectivity index (χ3v) is 5.46. The van der Waals surface area contributed by atoms with E-state index in [1.807, 2.05) is 24.7 Å². The van der Waals surface area contributed by atoms with Gasteiger partial charge in [-0.1, -0.05) is 48.5 Å². The van der Waals surface area contributed by atoms with Crippen molar-refractivity contribution >= 4 is 10.9 Å². The number of fused-ring (bicyclic) bond motifs is 1. The molecule has 3 heterocycles. The standard InChI is InChI=1S/C24H23N3O/c1-2-8-18(9-3-1)23-24(21-13-14-25-22-12-5-4-11-20(21)22)27(17-26-23)16-19-10-6-7-15-28-19/h1-5,8-9,11-14,17,19H,6-7,10,15-16H2/t19-/m1/s1. The van der Waals surface area contributed by atoms with E-state index in [-0.39, 0.29) is 6.10 Å². The number of pyridine rings is 1. The van der Waals surface area contributed by atoms with Crippen LogP contribution in [0.15, 0.2) is 73.2 Å². The lowest BCUT2D eigenvalue weighted by molar-refractivity contribution is 0.00623. The van der Waals surface area contributed by atoms with Gasteiger partial charge in [-0.2, -0.15) is 0 Å². The van der Waals surface area contributed by atoms with Gasteiger partial charge in [0.1, 0.15) is 0 Å². The molecule has 5 rings (SSSR count). The number of aromatic nitrogens is 3. The summed E-state index contributed by atoms with van der Waals surface area (Å²) in [5.74, 6) is 0. The molecule has 2 aromatic heterocycles. The van der Waals surface area contributed by atoms with Crippen molar-refractivity contribution in [1.82, 2.24) is 14.5 Å². The van der Waals surface area contributed by atoms with Crippen LogP contribution in [0.5, 0.6) is 0 Å². The molecule has 0 spiro atoms. The maximum atomic E-state index is 6.01. The molecule has 1 aliphatic rings. The molecule has 4 nitrogen and oxygen atoms in total. The Labute approximate surface area is 164 Å².